The van der Waals surface area contributed by atoms with Gasteiger partial charge >= 0.3 is 0 Å². The molecule has 0 atom stereocenters. The molecule has 0 saturated carbocycles. The topological polar surface area (TPSA) is 146 Å². The number of aromatic amines is 2. The van der Waals surface area contributed by atoms with E-state index in [9.17, 15) is 17.6 Å². The maximum atomic E-state index is 16.3. The van der Waals surface area contributed by atoms with E-state index in [2.05, 4.69) is 30.5 Å². The molecule has 0 aliphatic heterocycles. The summed E-state index contributed by atoms with van der Waals surface area (Å²) >= 11 is 0. The summed E-state index contributed by atoms with van der Waals surface area (Å²) in [5.41, 5.74) is 4.49. The van der Waals surface area contributed by atoms with E-state index in [1.165, 1.54) is 30.7 Å². The Morgan fingerprint density at radius 2 is 1.72 bits per heavy atom. The van der Waals surface area contributed by atoms with Crippen LogP contribution in [0.1, 0.15) is 15.9 Å². The number of carbonyl (C=O) groups excluding carboxylic acids is 1. The van der Waals surface area contributed by atoms with Crippen molar-refractivity contribution in [3.05, 3.63) is 114 Å². The Hall–Kier alpha value is -5.82. The first-order chi connectivity index (χ1) is 22.6. The smallest absolute Gasteiger partial charge is 0.255 e. The van der Waals surface area contributed by atoms with E-state index >= 15 is 4.39 Å². The highest BCUT2D eigenvalue weighted by Crippen LogP contribution is 2.35. The lowest BCUT2D eigenvalue weighted by atomic mass is 10.0. The van der Waals surface area contributed by atoms with Gasteiger partial charge in [-0.15, -0.1) is 0 Å². The van der Waals surface area contributed by atoms with Crippen molar-refractivity contribution in [3.8, 4) is 33.9 Å². The Bertz CT molecular complexity index is 2430. The monoisotopic (exact) mass is 649 g/mol. The molecule has 47 heavy (non-hydrogen) atoms. The molecule has 0 fully saturated rings. The van der Waals surface area contributed by atoms with Crippen LogP contribution >= 0.6 is 0 Å². The Morgan fingerprint density at radius 1 is 0.894 bits per heavy atom. The first-order valence-electron chi connectivity index (χ1n) is 14.4. The predicted octanol–water partition coefficient (Wildman–Crippen LogP) is 6.35. The van der Waals surface area contributed by atoms with Crippen LogP contribution in [0.25, 0.3) is 55.8 Å². The van der Waals surface area contributed by atoms with E-state index in [1.807, 2.05) is 6.07 Å². The van der Waals surface area contributed by atoms with E-state index in [1.54, 1.807) is 54.6 Å². The van der Waals surface area contributed by atoms with Crippen LogP contribution in [0.4, 0.5) is 14.5 Å². The summed E-state index contributed by atoms with van der Waals surface area (Å²) in [4.78, 5) is 29.1. The van der Waals surface area contributed by atoms with Gasteiger partial charge in [0, 0.05) is 29.1 Å². The molecule has 0 bridgehead atoms. The van der Waals surface area contributed by atoms with Crippen molar-refractivity contribution in [2.75, 3.05) is 17.3 Å². The van der Waals surface area contributed by atoms with Gasteiger partial charge in [-0.3, -0.25) is 19.9 Å². The molecule has 3 aromatic carbocycles. The molecule has 234 valence electrons. The van der Waals surface area contributed by atoms with Gasteiger partial charge in [0.2, 0.25) is 0 Å². The number of halogens is 2. The number of nitrogens with one attached hydrogen (secondary N) is 3. The average Bonchev–Trinajstić information content (AvgIpc) is 3.69. The summed E-state index contributed by atoms with van der Waals surface area (Å²) in [6.45, 7) is 0. The molecular formula is C34H25F2N7O3S. The summed E-state index contributed by atoms with van der Waals surface area (Å²) in [6, 6.07) is 20.0. The molecule has 4 aromatic heterocycles. The first-order valence-corrected chi connectivity index (χ1v) is 16.5. The first kappa shape index (κ1) is 29.9. The molecule has 0 aliphatic carbocycles. The summed E-state index contributed by atoms with van der Waals surface area (Å²) in [5.74, 6) is -1.34. The highest BCUT2D eigenvalue weighted by atomic mass is 32.2. The van der Waals surface area contributed by atoms with Crippen LogP contribution in [0.15, 0.2) is 91.4 Å². The number of para-hydroxylation sites is 1. The van der Waals surface area contributed by atoms with Gasteiger partial charge in [0.15, 0.2) is 11.6 Å². The number of benzene rings is 3. The molecule has 10 nitrogen and oxygen atoms in total. The van der Waals surface area contributed by atoms with Crippen LogP contribution in [-0.4, -0.2) is 56.5 Å². The Morgan fingerprint density at radius 3 is 2.53 bits per heavy atom. The van der Waals surface area contributed by atoms with Crippen LogP contribution in [0.5, 0.6) is 0 Å². The molecule has 0 aliphatic rings. The van der Waals surface area contributed by atoms with E-state index < -0.39 is 21.5 Å². The van der Waals surface area contributed by atoms with Gasteiger partial charge in [0.05, 0.1) is 45.8 Å². The summed E-state index contributed by atoms with van der Waals surface area (Å²) in [7, 11) is -3.23. The quantitative estimate of drug-likeness (QED) is 0.174. The number of rotatable bonds is 8. The molecule has 7 rings (SSSR count). The molecule has 0 saturated heterocycles. The van der Waals surface area contributed by atoms with Gasteiger partial charge in [-0.05, 0) is 53.9 Å². The molecule has 0 spiro atoms. The third-order valence-electron chi connectivity index (χ3n) is 7.62. The minimum absolute atomic E-state index is 0.00152. The van der Waals surface area contributed by atoms with Crippen molar-refractivity contribution in [1.82, 2.24) is 30.1 Å². The second-order valence-electron chi connectivity index (χ2n) is 11.1. The maximum absolute atomic E-state index is 16.3. The van der Waals surface area contributed by atoms with Crippen molar-refractivity contribution < 1.29 is 22.0 Å². The number of aromatic nitrogens is 6. The number of carbonyl (C=O) groups is 1. The number of H-pyrrole nitrogens is 2. The number of fused-ring (bicyclic) bond motifs is 2. The number of hydrogen-bond donors (Lipinski definition) is 3. The molecule has 0 radical (unpaired) electrons. The van der Waals surface area contributed by atoms with Crippen LogP contribution in [-0.2, 0) is 16.3 Å². The van der Waals surface area contributed by atoms with Crippen molar-refractivity contribution >= 4 is 43.4 Å². The number of anilines is 1. The number of imidazole rings is 1. The second-order valence-corrected chi connectivity index (χ2v) is 13.3. The fraction of sp³-hybridized carbons (Fsp3) is 0.0882. The van der Waals surface area contributed by atoms with Crippen molar-refractivity contribution in [3.63, 3.8) is 0 Å². The average molecular weight is 650 g/mol. The van der Waals surface area contributed by atoms with Crippen molar-refractivity contribution in [2.24, 2.45) is 0 Å². The zero-order valence-corrected chi connectivity index (χ0v) is 25.6. The highest BCUT2D eigenvalue weighted by Gasteiger charge is 2.22. The third kappa shape index (κ3) is 6.08. The fourth-order valence-electron chi connectivity index (χ4n) is 5.41. The second kappa shape index (κ2) is 11.8. The van der Waals surface area contributed by atoms with Crippen LogP contribution in [0.2, 0.25) is 0 Å². The summed E-state index contributed by atoms with van der Waals surface area (Å²) in [5, 5.41) is 10.1. The van der Waals surface area contributed by atoms with Crippen LogP contribution in [0, 0.1) is 11.6 Å². The molecular weight excluding hydrogens is 624 g/mol. The lowest BCUT2D eigenvalue weighted by molar-refractivity contribution is 0.102. The van der Waals surface area contributed by atoms with Gasteiger partial charge in [-0.2, -0.15) is 5.10 Å². The van der Waals surface area contributed by atoms with Gasteiger partial charge in [-0.25, -0.2) is 22.2 Å². The van der Waals surface area contributed by atoms with E-state index in [0.29, 0.717) is 50.1 Å². The molecule has 7 aromatic rings. The summed E-state index contributed by atoms with van der Waals surface area (Å²) in [6.07, 6.45) is 5.67. The SMILES string of the molecule is CS(=O)(=O)CCc1cc(F)cc(-c2cccc3[nH]c(-c4n[nH]c5cnc(-c6cncc(NC(=O)c7ccccc7)c6)c(F)c45)nc23)c1. The standard InChI is InChI=1S/C34H25F2N7O3S/c1-47(45,46)11-10-19-12-21(14-23(35)13-19)25-8-5-9-26-31(25)41-33(40-26)32-28-27(42-43-32)18-38-30(29(28)36)22-15-24(17-37-16-22)39-34(44)20-6-3-2-4-7-20/h2-9,12-18H,10-11H2,1H3,(H,39,44)(H,40,41)(H,42,43). The minimum Gasteiger partial charge on any atom is -0.337 e. The maximum Gasteiger partial charge on any atom is 0.255 e. The van der Waals surface area contributed by atoms with Gasteiger partial charge in [0.25, 0.3) is 5.91 Å². The minimum atomic E-state index is -3.23. The van der Waals surface area contributed by atoms with Gasteiger partial charge in [0.1, 0.15) is 27.0 Å². The van der Waals surface area contributed by atoms with Gasteiger partial charge < -0.3 is 10.3 Å². The van der Waals surface area contributed by atoms with Crippen molar-refractivity contribution in [2.45, 2.75) is 6.42 Å². The number of pyridine rings is 2. The van der Waals surface area contributed by atoms with Crippen molar-refractivity contribution in [1.29, 1.82) is 0 Å². The van der Waals surface area contributed by atoms with Gasteiger partial charge in [-0.1, -0.05) is 36.4 Å². The third-order valence-corrected chi connectivity index (χ3v) is 8.56. The predicted molar refractivity (Wildman–Crippen MR) is 175 cm³/mol. The number of amides is 1. The van der Waals surface area contributed by atoms with E-state index in [4.69, 9.17) is 4.98 Å². The number of sulfone groups is 1. The zero-order valence-electron chi connectivity index (χ0n) is 24.8. The Kier molecular flexibility index (Phi) is 7.52. The molecule has 4 heterocycles. The Balaban J connectivity index is 1.25. The number of aryl methyl sites for hydroxylation is 1. The largest absolute Gasteiger partial charge is 0.337 e. The summed E-state index contributed by atoms with van der Waals surface area (Å²) < 4.78 is 54.3. The normalized spacial score (nSPS) is 11.7. The Labute approximate surface area is 266 Å². The van der Waals surface area contributed by atoms with Crippen LogP contribution < -0.4 is 5.32 Å². The molecule has 3 N–H and O–H groups in total. The van der Waals surface area contributed by atoms with E-state index in [0.717, 1.165) is 6.26 Å². The molecule has 0 unspecified atom stereocenters. The highest BCUT2D eigenvalue weighted by molar-refractivity contribution is 7.90. The molecule has 13 heteroatoms. The number of hydrogen-bond acceptors (Lipinski definition) is 7. The fourth-order valence-corrected chi connectivity index (χ4v) is 6.02. The lowest BCUT2D eigenvalue weighted by Gasteiger charge is -2.08. The zero-order chi connectivity index (χ0) is 32.7. The number of nitrogens with zero attached hydrogens (tertiary/aromatic N) is 4. The lowest BCUT2D eigenvalue weighted by Crippen LogP contribution is -2.11. The molecule has 1 amide bonds. The van der Waals surface area contributed by atoms with E-state index in [-0.39, 0.29) is 40.7 Å². The van der Waals surface area contributed by atoms with Crippen LogP contribution in [0.3, 0.4) is 0 Å².